The van der Waals surface area contributed by atoms with Gasteiger partial charge in [0.15, 0.2) is 0 Å². The van der Waals surface area contributed by atoms with Gasteiger partial charge >= 0.3 is 0 Å². The number of nitrogens with zero attached hydrogens (tertiary/aromatic N) is 3. The van der Waals surface area contributed by atoms with Crippen LogP contribution in [0.4, 0.5) is 10.2 Å². The molecule has 116 valence electrons. The summed E-state index contributed by atoms with van der Waals surface area (Å²) in [4.78, 5) is 9.34. The van der Waals surface area contributed by atoms with Gasteiger partial charge < -0.3 is 10.2 Å². The highest BCUT2D eigenvalue weighted by atomic mass is 19.1. The average molecular weight is 292 g/mol. The predicted octanol–water partition coefficient (Wildman–Crippen LogP) is 2.00. The Kier molecular flexibility index (Phi) is 4.70. The van der Waals surface area contributed by atoms with Crippen molar-refractivity contribution in [2.24, 2.45) is 0 Å². The quantitative estimate of drug-likeness (QED) is 0.920. The van der Waals surface area contributed by atoms with Crippen molar-refractivity contribution in [3.63, 3.8) is 0 Å². The molecule has 3 heterocycles. The fourth-order valence-corrected chi connectivity index (χ4v) is 3.50. The third-order valence-corrected chi connectivity index (χ3v) is 4.61. The molecular formula is C16H25FN4. The second-order valence-corrected chi connectivity index (χ2v) is 6.05. The Morgan fingerprint density at radius 1 is 1.33 bits per heavy atom. The molecule has 0 aromatic carbocycles. The van der Waals surface area contributed by atoms with Crippen molar-refractivity contribution in [3.05, 3.63) is 23.6 Å². The molecule has 1 unspecified atom stereocenters. The number of nitrogens with one attached hydrogen (secondary N) is 1. The van der Waals surface area contributed by atoms with Gasteiger partial charge in [-0.15, -0.1) is 0 Å². The van der Waals surface area contributed by atoms with Crippen LogP contribution < -0.4 is 10.2 Å². The molecule has 2 aliphatic heterocycles. The zero-order chi connectivity index (χ0) is 14.7. The molecule has 3 rings (SSSR count). The molecular weight excluding hydrogens is 267 g/mol. The SMILES string of the molecule is CCNCc1cc(F)cnc1N1CCN2CCCCC2C1. The zero-order valence-electron chi connectivity index (χ0n) is 12.8. The van der Waals surface area contributed by atoms with Crippen LogP contribution in [0.25, 0.3) is 0 Å². The van der Waals surface area contributed by atoms with Crippen LogP contribution in [0.3, 0.4) is 0 Å². The number of hydrogen-bond acceptors (Lipinski definition) is 4. The standard InChI is InChI=1S/C16H25FN4/c1-2-18-10-13-9-14(17)11-19-16(13)21-8-7-20-6-4-3-5-15(20)12-21/h9,11,15,18H,2-8,10,12H2,1H3. The highest BCUT2D eigenvalue weighted by molar-refractivity contribution is 5.47. The lowest BCUT2D eigenvalue weighted by Crippen LogP contribution is -2.55. The van der Waals surface area contributed by atoms with E-state index >= 15 is 0 Å². The molecule has 1 aromatic rings. The first-order chi connectivity index (χ1) is 10.3. The van der Waals surface area contributed by atoms with Gasteiger partial charge in [0.05, 0.1) is 6.20 Å². The highest BCUT2D eigenvalue weighted by Gasteiger charge is 2.30. The Morgan fingerprint density at radius 3 is 3.10 bits per heavy atom. The molecule has 2 saturated heterocycles. The summed E-state index contributed by atoms with van der Waals surface area (Å²) in [7, 11) is 0. The van der Waals surface area contributed by atoms with Gasteiger partial charge in [-0.2, -0.15) is 0 Å². The Balaban J connectivity index is 1.76. The molecule has 0 amide bonds. The van der Waals surface area contributed by atoms with Crippen molar-refractivity contribution in [2.75, 3.05) is 37.6 Å². The monoisotopic (exact) mass is 292 g/mol. The molecule has 0 aliphatic carbocycles. The van der Waals surface area contributed by atoms with E-state index in [4.69, 9.17) is 0 Å². The largest absolute Gasteiger partial charge is 0.353 e. The van der Waals surface area contributed by atoms with Gasteiger partial charge in [-0.1, -0.05) is 13.3 Å². The van der Waals surface area contributed by atoms with E-state index < -0.39 is 0 Å². The Labute approximate surface area is 126 Å². The van der Waals surface area contributed by atoms with Gasteiger partial charge in [-0.05, 0) is 32.0 Å². The second-order valence-electron chi connectivity index (χ2n) is 6.05. The normalized spacial score (nSPS) is 23.1. The Morgan fingerprint density at radius 2 is 2.24 bits per heavy atom. The number of anilines is 1. The molecule has 1 aromatic heterocycles. The molecule has 1 atom stereocenters. The molecule has 2 aliphatic rings. The zero-order valence-corrected chi connectivity index (χ0v) is 12.8. The smallest absolute Gasteiger partial charge is 0.141 e. The minimum Gasteiger partial charge on any atom is -0.353 e. The summed E-state index contributed by atoms with van der Waals surface area (Å²) in [5.41, 5.74) is 0.973. The number of piperidine rings is 1. The molecule has 1 N–H and O–H groups in total. The highest BCUT2D eigenvalue weighted by Crippen LogP contribution is 2.26. The summed E-state index contributed by atoms with van der Waals surface area (Å²) in [5, 5.41) is 3.28. The molecule has 0 radical (unpaired) electrons. The summed E-state index contributed by atoms with van der Waals surface area (Å²) in [6.45, 7) is 7.98. The number of piperazine rings is 1. The van der Waals surface area contributed by atoms with Gasteiger partial charge in [0, 0.05) is 37.8 Å². The molecule has 21 heavy (non-hydrogen) atoms. The number of hydrogen-bond donors (Lipinski definition) is 1. The molecule has 2 fully saturated rings. The average Bonchev–Trinajstić information content (AvgIpc) is 2.52. The van der Waals surface area contributed by atoms with E-state index in [1.165, 1.54) is 32.0 Å². The molecule has 5 heteroatoms. The third-order valence-electron chi connectivity index (χ3n) is 4.61. The molecule has 0 bridgehead atoms. The summed E-state index contributed by atoms with van der Waals surface area (Å²) >= 11 is 0. The summed E-state index contributed by atoms with van der Waals surface area (Å²) in [6, 6.07) is 2.27. The van der Waals surface area contributed by atoms with Crippen molar-refractivity contribution in [3.8, 4) is 0 Å². The van der Waals surface area contributed by atoms with Crippen molar-refractivity contribution in [1.29, 1.82) is 0 Å². The molecule has 4 nitrogen and oxygen atoms in total. The Hall–Kier alpha value is -1.20. The first-order valence-electron chi connectivity index (χ1n) is 8.12. The van der Waals surface area contributed by atoms with E-state index in [-0.39, 0.29) is 5.82 Å². The van der Waals surface area contributed by atoms with Crippen LogP contribution in [-0.4, -0.2) is 48.6 Å². The number of pyridine rings is 1. The maximum absolute atomic E-state index is 13.5. The van der Waals surface area contributed by atoms with E-state index in [1.807, 2.05) is 0 Å². The minimum atomic E-state index is -0.247. The maximum atomic E-state index is 13.5. The Bertz CT molecular complexity index is 479. The first kappa shape index (κ1) is 14.7. The van der Waals surface area contributed by atoms with Crippen molar-refractivity contribution in [2.45, 2.75) is 38.8 Å². The van der Waals surface area contributed by atoms with Crippen molar-refractivity contribution < 1.29 is 4.39 Å². The fraction of sp³-hybridized carbons (Fsp3) is 0.688. The van der Waals surface area contributed by atoms with E-state index in [2.05, 4.69) is 27.0 Å². The van der Waals surface area contributed by atoms with Crippen LogP contribution in [0.15, 0.2) is 12.3 Å². The summed E-state index contributed by atoms with van der Waals surface area (Å²) < 4.78 is 13.5. The van der Waals surface area contributed by atoms with E-state index in [0.717, 1.165) is 37.6 Å². The lowest BCUT2D eigenvalue weighted by molar-refractivity contribution is 0.133. The third kappa shape index (κ3) is 3.35. The van der Waals surface area contributed by atoms with E-state index in [0.29, 0.717) is 12.6 Å². The lowest BCUT2D eigenvalue weighted by Gasteiger charge is -2.44. The minimum absolute atomic E-state index is 0.247. The molecule has 0 spiro atoms. The van der Waals surface area contributed by atoms with Crippen molar-refractivity contribution in [1.82, 2.24) is 15.2 Å². The maximum Gasteiger partial charge on any atom is 0.141 e. The predicted molar refractivity (Wildman–Crippen MR) is 83.0 cm³/mol. The number of aromatic nitrogens is 1. The van der Waals surface area contributed by atoms with Crippen LogP contribution >= 0.6 is 0 Å². The van der Waals surface area contributed by atoms with Crippen LogP contribution in [0, 0.1) is 5.82 Å². The second kappa shape index (κ2) is 6.71. The van der Waals surface area contributed by atoms with Gasteiger partial charge in [0.1, 0.15) is 11.6 Å². The van der Waals surface area contributed by atoms with Crippen molar-refractivity contribution >= 4 is 5.82 Å². The van der Waals surface area contributed by atoms with E-state index in [9.17, 15) is 4.39 Å². The van der Waals surface area contributed by atoms with Crippen LogP contribution in [0.2, 0.25) is 0 Å². The number of fused-ring (bicyclic) bond motifs is 1. The lowest BCUT2D eigenvalue weighted by atomic mass is 9.99. The van der Waals surface area contributed by atoms with Gasteiger partial charge in [-0.25, -0.2) is 9.37 Å². The van der Waals surface area contributed by atoms with Crippen LogP contribution in [-0.2, 0) is 6.54 Å². The van der Waals surface area contributed by atoms with Gasteiger partial charge in [-0.3, -0.25) is 4.90 Å². The van der Waals surface area contributed by atoms with E-state index in [1.54, 1.807) is 6.07 Å². The summed E-state index contributed by atoms with van der Waals surface area (Å²) in [5.74, 6) is 0.713. The summed E-state index contributed by atoms with van der Waals surface area (Å²) in [6.07, 6.45) is 5.28. The molecule has 0 saturated carbocycles. The number of halogens is 1. The fourth-order valence-electron chi connectivity index (χ4n) is 3.50. The van der Waals surface area contributed by atoms with Crippen LogP contribution in [0.5, 0.6) is 0 Å². The topological polar surface area (TPSA) is 31.4 Å². The van der Waals surface area contributed by atoms with Gasteiger partial charge in [0.25, 0.3) is 0 Å². The van der Waals surface area contributed by atoms with Gasteiger partial charge in [0.2, 0.25) is 0 Å². The number of rotatable bonds is 4. The first-order valence-corrected chi connectivity index (χ1v) is 8.12. The van der Waals surface area contributed by atoms with Crippen LogP contribution in [0.1, 0.15) is 31.7 Å².